The molecule has 0 aliphatic heterocycles. The van der Waals surface area contributed by atoms with Crippen molar-refractivity contribution in [3.8, 4) is 5.75 Å². The lowest BCUT2D eigenvalue weighted by Gasteiger charge is -2.09. The fourth-order valence-electron chi connectivity index (χ4n) is 2.70. The van der Waals surface area contributed by atoms with E-state index in [0.717, 1.165) is 17.0 Å². The Balaban J connectivity index is 1.58. The molecule has 0 fully saturated rings. The minimum absolute atomic E-state index is 0.301. The zero-order valence-electron chi connectivity index (χ0n) is 16.0. The molecule has 3 N–H and O–H groups in total. The number of primary amides is 1. The lowest BCUT2D eigenvalue weighted by atomic mass is 10.1. The van der Waals surface area contributed by atoms with Crippen LogP contribution >= 0.6 is 0 Å². The molecule has 0 unspecified atom stereocenters. The lowest BCUT2D eigenvalue weighted by Crippen LogP contribution is -2.15. The zero-order chi connectivity index (χ0) is 20.6. The highest BCUT2D eigenvalue weighted by Gasteiger charge is 2.09. The van der Waals surface area contributed by atoms with Crippen LogP contribution in [0.1, 0.15) is 27.2 Å². The van der Waals surface area contributed by atoms with E-state index in [2.05, 4.69) is 10.3 Å². The number of pyridine rings is 1. The summed E-state index contributed by atoms with van der Waals surface area (Å²) >= 11 is 0. The molecular formula is C23H21N3O3. The summed E-state index contributed by atoms with van der Waals surface area (Å²) in [6.07, 6.45) is 4.86. The number of nitrogens with zero attached hydrogens (tertiary/aromatic N) is 1. The average molecular weight is 387 g/mol. The first-order valence-corrected chi connectivity index (χ1v) is 9.04. The number of ether oxygens (including phenoxy) is 1. The van der Waals surface area contributed by atoms with E-state index in [0.29, 0.717) is 23.4 Å². The van der Waals surface area contributed by atoms with Gasteiger partial charge in [-0.15, -0.1) is 0 Å². The number of hydrogen-bond acceptors (Lipinski definition) is 4. The van der Waals surface area contributed by atoms with Crippen LogP contribution in [0.4, 0.5) is 5.69 Å². The van der Waals surface area contributed by atoms with E-state index in [1.54, 1.807) is 37.4 Å². The van der Waals surface area contributed by atoms with Crippen LogP contribution in [0.5, 0.6) is 5.75 Å². The Morgan fingerprint density at radius 3 is 2.55 bits per heavy atom. The second kappa shape index (κ2) is 9.32. The monoisotopic (exact) mass is 387 g/mol. The highest BCUT2D eigenvalue weighted by atomic mass is 16.5. The quantitative estimate of drug-likeness (QED) is 0.604. The van der Waals surface area contributed by atoms with Crippen LogP contribution in [0.15, 0.2) is 72.9 Å². The normalized spacial score (nSPS) is 10.7. The van der Waals surface area contributed by atoms with Gasteiger partial charge in [0.15, 0.2) is 0 Å². The topological polar surface area (TPSA) is 94.3 Å². The Bertz CT molecular complexity index is 1030. The van der Waals surface area contributed by atoms with Crippen LogP contribution in [0.25, 0.3) is 6.08 Å². The van der Waals surface area contributed by atoms with Gasteiger partial charge in [-0.25, -0.2) is 0 Å². The smallest absolute Gasteiger partial charge is 0.249 e. The lowest BCUT2D eigenvalue weighted by molar-refractivity contribution is -0.111. The molecule has 6 nitrogen and oxygen atoms in total. The third kappa shape index (κ3) is 5.52. The molecule has 0 saturated heterocycles. The summed E-state index contributed by atoms with van der Waals surface area (Å²) in [5, 5.41) is 2.76. The molecule has 0 spiro atoms. The van der Waals surface area contributed by atoms with E-state index in [4.69, 9.17) is 10.5 Å². The first-order chi connectivity index (χ1) is 14.0. The van der Waals surface area contributed by atoms with Crippen LogP contribution < -0.4 is 15.8 Å². The molecule has 2 amide bonds. The van der Waals surface area contributed by atoms with Crippen LogP contribution in [0.3, 0.4) is 0 Å². The van der Waals surface area contributed by atoms with Gasteiger partial charge >= 0.3 is 0 Å². The van der Waals surface area contributed by atoms with Crippen LogP contribution in [-0.4, -0.2) is 16.8 Å². The van der Waals surface area contributed by atoms with Gasteiger partial charge in [0, 0.05) is 23.5 Å². The van der Waals surface area contributed by atoms with E-state index >= 15 is 0 Å². The molecule has 0 atom stereocenters. The van der Waals surface area contributed by atoms with Crippen LogP contribution in [0, 0.1) is 6.92 Å². The first kappa shape index (κ1) is 19.8. The number of hydrogen-bond donors (Lipinski definition) is 2. The van der Waals surface area contributed by atoms with E-state index in [-0.39, 0.29) is 5.91 Å². The molecule has 0 saturated carbocycles. The fourth-order valence-corrected chi connectivity index (χ4v) is 2.70. The summed E-state index contributed by atoms with van der Waals surface area (Å²) in [7, 11) is 0. The third-order valence-electron chi connectivity index (χ3n) is 4.28. The SMILES string of the molecule is Cc1c(NC(=O)/C=C/c2ccc(OCc3ccccn3)cc2)cccc1C(N)=O. The van der Waals surface area contributed by atoms with Crippen molar-refractivity contribution in [2.24, 2.45) is 5.73 Å². The van der Waals surface area contributed by atoms with Crippen molar-refractivity contribution in [3.05, 3.63) is 95.3 Å². The van der Waals surface area contributed by atoms with Gasteiger partial charge < -0.3 is 15.8 Å². The van der Waals surface area contributed by atoms with E-state index < -0.39 is 5.91 Å². The maximum absolute atomic E-state index is 12.2. The zero-order valence-corrected chi connectivity index (χ0v) is 16.0. The second-order valence-electron chi connectivity index (χ2n) is 6.34. The minimum atomic E-state index is -0.528. The Morgan fingerprint density at radius 2 is 1.86 bits per heavy atom. The molecular weight excluding hydrogens is 366 g/mol. The Hall–Kier alpha value is -3.93. The molecule has 0 aliphatic rings. The highest BCUT2D eigenvalue weighted by molar-refractivity contribution is 6.04. The standard InChI is InChI=1S/C23H21N3O3/c1-16-20(23(24)28)6-4-7-21(16)26-22(27)13-10-17-8-11-19(12-9-17)29-15-18-5-2-3-14-25-18/h2-14H,15H2,1H3,(H2,24,28)(H,26,27)/b13-10+. The van der Waals surface area contributed by atoms with E-state index in [9.17, 15) is 9.59 Å². The average Bonchev–Trinajstić information content (AvgIpc) is 2.73. The molecule has 6 heteroatoms. The summed E-state index contributed by atoms with van der Waals surface area (Å²) in [5.41, 5.74) is 8.61. The first-order valence-electron chi connectivity index (χ1n) is 9.04. The van der Waals surface area contributed by atoms with Crippen molar-refractivity contribution in [1.29, 1.82) is 0 Å². The predicted octanol–water partition coefficient (Wildman–Crippen LogP) is 3.72. The molecule has 1 aromatic heterocycles. The highest BCUT2D eigenvalue weighted by Crippen LogP contribution is 2.19. The molecule has 3 aromatic rings. The third-order valence-corrected chi connectivity index (χ3v) is 4.28. The maximum atomic E-state index is 12.2. The summed E-state index contributed by atoms with van der Waals surface area (Å²) in [5.74, 6) is -0.110. The number of nitrogens with one attached hydrogen (secondary N) is 1. The molecule has 0 radical (unpaired) electrons. The van der Waals surface area contributed by atoms with Crippen molar-refractivity contribution in [3.63, 3.8) is 0 Å². The number of carbonyl (C=O) groups is 2. The Labute approximate surface area is 169 Å². The molecule has 2 aromatic carbocycles. The van der Waals surface area contributed by atoms with Gasteiger partial charge in [-0.1, -0.05) is 24.3 Å². The van der Waals surface area contributed by atoms with Crippen LogP contribution in [0.2, 0.25) is 0 Å². The summed E-state index contributed by atoms with van der Waals surface area (Å²) in [6.45, 7) is 2.13. The number of anilines is 1. The Morgan fingerprint density at radius 1 is 1.07 bits per heavy atom. The van der Waals surface area contributed by atoms with Crippen molar-refractivity contribution < 1.29 is 14.3 Å². The van der Waals surface area contributed by atoms with Gasteiger partial charge in [0.25, 0.3) is 0 Å². The predicted molar refractivity (Wildman–Crippen MR) is 112 cm³/mol. The number of rotatable bonds is 7. The number of nitrogens with two attached hydrogens (primary N) is 1. The van der Waals surface area contributed by atoms with Crippen LogP contribution in [-0.2, 0) is 11.4 Å². The molecule has 29 heavy (non-hydrogen) atoms. The summed E-state index contributed by atoms with van der Waals surface area (Å²) < 4.78 is 5.69. The van der Waals surface area contributed by atoms with Crippen molar-refractivity contribution in [2.45, 2.75) is 13.5 Å². The van der Waals surface area contributed by atoms with E-state index in [1.807, 2.05) is 42.5 Å². The van der Waals surface area contributed by atoms with E-state index in [1.165, 1.54) is 6.08 Å². The van der Waals surface area contributed by atoms with Gasteiger partial charge in [-0.3, -0.25) is 14.6 Å². The van der Waals surface area contributed by atoms with Gasteiger partial charge in [0.1, 0.15) is 12.4 Å². The van der Waals surface area contributed by atoms with Crippen molar-refractivity contribution in [2.75, 3.05) is 5.32 Å². The van der Waals surface area contributed by atoms with Crippen molar-refractivity contribution in [1.82, 2.24) is 4.98 Å². The summed E-state index contributed by atoms with van der Waals surface area (Å²) in [6, 6.07) is 18.1. The molecule has 3 rings (SSSR count). The largest absolute Gasteiger partial charge is 0.487 e. The fraction of sp³-hybridized carbons (Fsp3) is 0.0870. The molecule has 0 aliphatic carbocycles. The van der Waals surface area contributed by atoms with Gasteiger partial charge in [0.05, 0.1) is 5.69 Å². The maximum Gasteiger partial charge on any atom is 0.249 e. The van der Waals surface area contributed by atoms with Gasteiger partial charge in [0.2, 0.25) is 11.8 Å². The number of amides is 2. The molecule has 146 valence electrons. The van der Waals surface area contributed by atoms with Gasteiger partial charge in [-0.2, -0.15) is 0 Å². The van der Waals surface area contributed by atoms with Gasteiger partial charge in [-0.05, 0) is 60.5 Å². The molecule has 1 heterocycles. The number of carbonyl (C=O) groups excluding carboxylic acids is 2. The molecule has 0 bridgehead atoms. The minimum Gasteiger partial charge on any atom is -0.487 e. The summed E-state index contributed by atoms with van der Waals surface area (Å²) in [4.78, 5) is 27.8. The van der Waals surface area contributed by atoms with Crippen molar-refractivity contribution >= 4 is 23.6 Å². The second-order valence-corrected chi connectivity index (χ2v) is 6.34. The number of benzene rings is 2. The Kier molecular flexibility index (Phi) is 6.37. The number of aromatic nitrogens is 1.